The number of carbonyl (C=O) groups excluding carboxylic acids is 2. The number of likely N-dealkylation sites (tertiary alicyclic amines) is 1. The number of fused-ring (bicyclic) bond motifs is 1. The monoisotopic (exact) mass is 265 g/mol. The zero-order valence-corrected chi connectivity index (χ0v) is 12.9. The second kappa shape index (κ2) is 4.92. The zero-order chi connectivity index (χ0) is 14.4. The predicted molar refractivity (Wildman–Crippen MR) is 75.7 cm³/mol. The van der Waals surface area contributed by atoms with Crippen LogP contribution in [0.4, 0.5) is 0 Å². The van der Waals surface area contributed by atoms with Crippen molar-refractivity contribution in [1.29, 1.82) is 0 Å². The van der Waals surface area contributed by atoms with Gasteiger partial charge in [-0.25, -0.2) is 0 Å². The highest BCUT2D eigenvalue weighted by atomic mass is 16.2. The Morgan fingerprint density at radius 1 is 1.16 bits per heavy atom. The molecular weight excluding hydrogens is 238 g/mol. The first-order valence-electron chi connectivity index (χ1n) is 7.60. The van der Waals surface area contributed by atoms with Crippen molar-refractivity contribution < 1.29 is 9.59 Å². The van der Waals surface area contributed by atoms with Crippen LogP contribution >= 0.6 is 0 Å². The van der Waals surface area contributed by atoms with Crippen LogP contribution in [-0.2, 0) is 9.59 Å². The van der Waals surface area contributed by atoms with Crippen LogP contribution < -0.4 is 0 Å². The van der Waals surface area contributed by atoms with Crippen LogP contribution in [0.5, 0.6) is 0 Å². The van der Waals surface area contributed by atoms with Crippen LogP contribution in [-0.4, -0.2) is 28.7 Å². The summed E-state index contributed by atoms with van der Waals surface area (Å²) < 4.78 is 0. The highest BCUT2D eigenvalue weighted by molar-refractivity contribution is 5.92. The van der Waals surface area contributed by atoms with Gasteiger partial charge in [-0.3, -0.25) is 9.59 Å². The van der Waals surface area contributed by atoms with Gasteiger partial charge >= 0.3 is 0 Å². The summed E-state index contributed by atoms with van der Waals surface area (Å²) in [4.78, 5) is 27.1. The fraction of sp³-hybridized carbons (Fsp3) is 0.875. The summed E-state index contributed by atoms with van der Waals surface area (Å²) in [5.41, 5.74) is -0.396. The summed E-state index contributed by atoms with van der Waals surface area (Å²) in [6.45, 7) is 9.74. The van der Waals surface area contributed by atoms with E-state index in [0.717, 1.165) is 12.8 Å². The van der Waals surface area contributed by atoms with E-state index in [0.29, 0.717) is 12.0 Å². The summed E-state index contributed by atoms with van der Waals surface area (Å²) in [7, 11) is 0. The highest BCUT2D eigenvalue weighted by Crippen LogP contribution is 2.43. The third-order valence-corrected chi connectivity index (χ3v) is 4.61. The zero-order valence-electron chi connectivity index (χ0n) is 12.9. The van der Waals surface area contributed by atoms with Crippen molar-refractivity contribution in [2.75, 3.05) is 0 Å². The number of carbonyl (C=O) groups is 2. The molecular formula is C16H27NO2. The molecule has 0 spiro atoms. The normalized spacial score (nSPS) is 30.8. The van der Waals surface area contributed by atoms with Crippen LogP contribution in [0.3, 0.4) is 0 Å². The van der Waals surface area contributed by atoms with Crippen LogP contribution in [0, 0.1) is 17.3 Å². The maximum atomic E-state index is 12.7. The molecule has 1 saturated heterocycles. The Morgan fingerprint density at radius 3 is 2.32 bits per heavy atom. The fourth-order valence-corrected chi connectivity index (χ4v) is 3.61. The van der Waals surface area contributed by atoms with Crippen molar-refractivity contribution in [3.63, 3.8) is 0 Å². The number of Topliss-reactive ketones (excluding diaryl/α,β-unsaturated/α-hetero) is 1. The molecule has 0 bridgehead atoms. The molecule has 1 amide bonds. The maximum Gasteiger partial charge on any atom is 0.228 e. The number of amides is 1. The molecule has 0 aromatic rings. The van der Waals surface area contributed by atoms with Crippen LogP contribution in [0.25, 0.3) is 0 Å². The lowest BCUT2D eigenvalue weighted by atomic mass is 9.92. The van der Waals surface area contributed by atoms with Crippen LogP contribution in [0.2, 0.25) is 0 Å². The summed E-state index contributed by atoms with van der Waals surface area (Å²) in [5, 5.41) is 0. The Morgan fingerprint density at radius 2 is 1.79 bits per heavy atom. The molecule has 3 heteroatoms. The van der Waals surface area contributed by atoms with Gasteiger partial charge in [0.15, 0.2) is 5.78 Å². The van der Waals surface area contributed by atoms with Crippen molar-refractivity contribution >= 4 is 11.7 Å². The quantitative estimate of drug-likeness (QED) is 0.769. The molecule has 19 heavy (non-hydrogen) atoms. The van der Waals surface area contributed by atoms with Gasteiger partial charge in [0.25, 0.3) is 0 Å². The van der Waals surface area contributed by atoms with Gasteiger partial charge in [0.1, 0.15) is 0 Å². The SMILES string of the molecule is CC(C)C(=O)C1CC2CCCC2N1C(=O)C(C)(C)C. The van der Waals surface area contributed by atoms with Crippen molar-refractivity contribution in [2.45, 2.75) is 72.4 Å². The highest BCUT2D eigenvalue weighted by Gasteiger charge is 2.50. The first-order chi connectivity index (χ1) is 8.73. The minimum atomic E-state index is -0.396. The second-order valence-electron chi connectivity index (χ2n) is 7.53. The van der Waals surface area contributed by atoms with E-state index in [2.05, 4.69) is 0 Å². The van der Waals surface area contributed by atoms with E-state index in [9.17, 15) is 9.59 Å². The van der Waals surface area contributed by atoms with Crippen molar-refractivity contribution in [2.24, 2.45) is 17.3 Å². The molecule has 2 fully saturated rings. The number of ketones is 1. The molecule has 3 atom stereocenters. The van der Waals surface area contributed by atoms with Crippen molar-refractivity contribution in [1.82, 2.24) is 4.90 Å². The van der Waals surface area contributed by atoms with Gasteiger partial charge in [-0.15, -0.1) is 0 Å². The molecule has 0 N–H and O–H groups in total. The third-order valence-electron chi connectivity index (χ3n) is 4.61. The topological polar surface area (TPSA) is 37.4 Å². The largest absolute Gasteiger partial charge is 0.329 e. The average molecular weight is 265 g/mol. The fourth-order valence-electron chi connectivity index (χ4n) is 3.61. The molecule has 1 aliphatic heterocycles. The molecule has 3 unspecified atom stereocenters. The van der Waals surface area contributed by atoms with E-state index in [1.165, 1.54) is 12.8 Å². The first kappa shape index (κ1) is 14.5. The lowest BCUT2D eigenvalue weighted by Gasteiger charge is -2.35. The summed E-state index contributed by atoms with van der Waals surface area (Å²) in [6.07, 6.45) is 4.35. The molecule has 1 heterocycles. The molecule has 2 rings (SSSR count). The molecule has 0 aromatic carbocycles. The lowest BCUT2D eigenvalue weighted by molar-refractivity contribution is -0.147. The molecule has 0 aromatic heterocycles. The van der Waals surface area contributed by atoms with E-state index >= 15 is 0 Å². The molecule has 1 saturated carbocycles. The smallest absolute Gasteiger partial charge is 0.228 e. The minimum Gasteiger partial charge on any atom is -0.329 e. The number of nitrogens with zero attached hydrogens (tertiary/aromatic N) is 1. The average Bonchev–Trinajstić information content (AvgIpc) is 2.84. The first-order valence-corrected chi connectivity index (χ1v) is 7.60. The van der Waals surface area contributed by atoms with Gasteiger partial charge in [0.05, 0.1) is 6.04 Å². The van der Waals surface area contributed by atoms with Gasteiger partial charge in [-0.05, 0) is 25.2 Å². The van der Waals surface area contributed by atoms with E-state index in [-0.39, 0.29) is 23.7 Å². The van der Waals surface area contributed by atoms with Crippen molar-refractivity contribution in [3.8, 4) is 0 Å². The van der Waals surface area contributed by atoms with E-state index in [1.54, 1.807) is 0 Å². The molecule has 108 valence electrons. The molecule has 2 aliphatic rings. The van der Waals surface area contributed by atoms with Crippen LogP contribution in [0.15, 0.2) is 0 Å². The van der Waals surface area contributed by atoms with E-state index in [1.807, 2.05) is 39.5 Å². The van der Waals surface area contributed by atoms with E-state index in [4.69, 9.17) is 0 Å². The Balaban J connectivity index is 2.28. The Bertz CT molecular complexity index is 381. The molecule has 0 radical (unpaired) electrons. The number of rotatable bonds is 2. The summed E-state index contributed by atoms with van der Waals surface area (Å²) in [5.74, 6) is 0.964. The standard InChI is InChI=1S/C16H27NO2/c1-10(2)14(18)13-9-11-7-6-8-12(11)17(13)15(19)16(3,4)5/h10-13H,6-9H2,1-5H3. The Kier molecular flexibility index (Phi) is 3.76. The van der Waals surface area contributed by atoms with Crippen LogP contribution in [0.1, 0.15) is 60.3 Å². The summed E-state index contributed by atoms with van der Waals surface area (Å²) in [6, 6.07) is 0.154. The predicted octanol–water partition coefficient (Wildman–Crippen LogP) is 3.03. The number of hydrogen-bond donors (Lipinski definition) is 0. The lowest BCUT2D eigenvalue weighted by Crippen LogP contribution is -2.50. The Hall–Kier alpha value is -0.860. The van der Waals surface area contributed by atoms with Gasteiger partial charge in [0.2, 0.25) is 5.91 Å². The van der Waals surface area contributed by atoms with Gasteiger partial charge < -0.3 is 4.90 Å². The molecule has 1 aliphatic carbocycles. The second-order valence-corrected chi connectivity index (χ2v) is 7.53. The van der Waals surface area contributed by atoms with Gasteiger partial charge in [0, 0.05) is 17.4 Å². The van der Waals surface area contributed by atoms with Crippen molar-refractivity contribution in [3.05, 3.63) is 0 Å². The van der Waals surface area contributed by atoms with Gasteiger partial charge in [-0.1, -0.05) is 41.0 Å². The summed E-state index contributed by atoms with van der Waals surface area (Å²) >= 11 is 0. The third kappa shape index (κ3) is 2.56. The van der Waals surface area contributed by atoms with E-state index < -0.39 is 5.41 Å². The van der Waals surface area contributed by atoms with Gasteiger partial charge in [-0.2, -0.15) is 0 Å². The maximum absolute atomic E-state index is 12.7. The number of hydrogen-bond acceptors (Lipinski definition) is 2. The Labute approximate surface area is 116 Å². The minimum absolute atomic E-state index is 0.0131. The molecule has 3 nitrogen and oxygen atoms in total.